The molecule has 0 unspecified atom stereocenters. The lowest BCUT2D eigenvalue weighted by atomic mass is 10.0. The van der Waals surface area contributed by atoms with E-state index in [0.29, 0.717) is 5.92 Å². The van der Waals surface area contributed by atoms with Crippen molar-refractivity contribution in [1.82, 2.24) is 4.90 Å². The Labute approximate surface area is 124 Å². The van der Waals surface area contributed by atoms with Gasteiger partial charge in [0, 0.05) is 41.2 Å². The molecule has 0 bridgehead atoms. The molecule has 1 saturated heterocycles. The molecule has 1 fully saturated rings. The average molecular weight is 304 g/mol. The fourth-order valence-corrected chi connectivity index (χ4v) is 4.24. The third-order valence-corrected chi connectivity index (χ3v) is 4.79. The molecule has 0 aliphatic carbocycles. The largest absolute Gasteiger partial charge is 0.297 e. The van der Waals surface area contributed by atoms with Crippen LogP contribution in [0.5, 0.6) is 0 Å². The van der Waals surface area contributed by atoms with Gasteiger partial charge in [0.15, 0.2) is 0 Å². The lowest BCUT2D eigenvalue weighted by Gasteiger charge is -2.26. The van der Waals surface area contributed by atoms with Crippen LogP contribution in [0.15, 0.2) is 12.1 Å². The summed E-state index contributed by atoms with van der Waals surface area (Å²) >= 11 is 14.7. The molecule has 0 atom stereocenters. The third kappa shape index (κ3) is 3.57. The Bertz CT molecular complexity index is 391. The molecule has 2 rings (SSSR count). The first kappa shape index (κ1) is 14.5. The minimum atomic E-state index is 0.366. The van der Waals surface area contributed by atoms with Crippen molar-refractivity contribution >= 4 is 35.0 Å². The van der Waals surface area contributed by atoms with Crippen LogP contribution in [0.3, 0.4) is 0 Å². The van der Waals surface area contributed by atoms with E-state index < -0.39 is 0 Å². The van der Waals surface area contributed by atoms with Gasteiger partial charge < -0.3 is 0 Å². The van der Waals surface area contributed by atoms with Crippen molar-refractivity contribution in [3.8, 4) is 0 Å². The predicted octanol–water partition coefficient (Wildman–Crippen LogP) is 4.67. The van der Waals surface area contributed by atoms with Crippen LogP contribution >= 0.6 is 35.0 Å². The van der Waals surface area contributed by atoms with E-state index >= 15 is 0 Å². The van der Waals surface area contributed by atoms with Gasteiger partial charge in [0.25, 0.3) is 0 Å². The summed E-state index contributed by atoms with van der Waals surface area (Å²) < 4.78 is 0. The molecule has 0 spiro atoms. The monoisotopic (exact) mass is 303 g/mol. The van der Waals surface area contributed by atoms with E-state index in [2.05, 4.69) is 30.9 Å². The topological polar surface area (TPSA) is 3.24 Å². The zero-order valence-corrected chi connectivity index (χ0v) is 13.2. The van der Waals surface area contributed by atoms with Gasteiger partial charge >= 0.3 is 0 Å². The second-order valence-corrected chi connectivity index (χ2v) is 7.06. The van der Waals surface area contributed by atoms with Crippen LogP contribution in [0.25, 0.3) is 0 Å². The highest BCUT2D eigenvalue weighted by Gasteiger charge is 2.15. The zero-order valence-electron chi connectivity index (χ0n) is 10.9. The van der Waals surface area contributed by atoms with Crippen molar-refractivity contribution in [2.75, 3.05) is 24.6 Å². The number of thioether (sulfide) groups is 1. The van der Waals surface area contributed by atoms with Crippen molar-refractivity contribution < 1.29 is 0 Å². The molecule has 1 aromatic carbocycles. The van der Waals surface area contributed by atoms with Crippen LogP contribution < -0.4 is 0 Å². The van der Waals surface area contributed by atoms with Gasteiger partial charge in [-0.05, 0) is 29.2 Å². The molecule has 1 nitrogen and oxygen atoms in total. The fourth-order valence-electron chi connectivity index (χ4n) is 2.30. The Morgan fingerprint density at radius 3 is 2.22 bits per heavy atom. The number of hydrogen-bond acceptors (Lipinski definition) is 2. The summed E-state index contributed by atoms with van der Waals surface area (Å²) in [4.78, 5) is 2.47. The van der Waals surface area contributed by atoms with Gasteiger partial charge in [0.1, 0.15) is 0 Å². The zero-order chi connectivity index (χ0) is 13.1. The summed E-state index contributed by atoms with van der Waals surface area (Å²) in [6.45, 7) is 7.51. The van der Waals surface area contributed by atoms with Gasteiger partial charge in [0.05, 0.1) is 0 Å². The molecule has 0 amide bonds. The van der Waals surface area contributed by atoms with Crippen molar-refractivity contribution in [3.05, 3.63) is 33.3 Å². The molecule has 100 valence electrons. The van der Waals surface area contributed by atoms with Crippen molar-refractivity contribution in [3.63, 3.8) is 0 Å². The molecule has 1 aliphatic rings. The first-order valence-corrected chi connectivity index (χ1v) is 8.27. The van der Waals surface area contributed by atoms with Gasteiger partial charge in [-0.2, -0.15) is 11.8 Å². The van der Waals surface area contributed by atoms with Crippen LogP contribution in [0.2, 0.25) is 10.0 Å². The summed E-state index contributed by atoms with van der Waals surface area (Å²) in [5, 5.41) is 1.61. The van der Waals surface area contributed by atoms with Crippen molar-refractivity contribution in [2.24, 2.45) is 0 Å². The van der Waals surface area contributed by atoms with Gasteiger partial charge in [-0.1, -0.05) is 37.0 Å². The van der Waals surface area contributed by atoms with Crippen molar-refractivity contribution in [2.45, 2.75) is 26.3 Å². The second-order valence-electron chi connectivity index (χ2n) is 5.02. The summed E-state index contributed by atoms with van der Waals surface area (Å²) in [5.41, 5.74) is 2.29. The lowest BCUT2D eigenvalue weighted by molar-refractivity contribution is 0.294. The van der Waals surface area contributed by atoms with Gasteiger partial charge in [-0.15, -0.1) is 0 Å². The highest BCUT2D eigenvalue weighted by molar-refractivity contribution is 7.99. The number of nitrogens with zero attached hydrogens (tertiary/aromatic N) is 1. The Morgan fingerprint density at radius 2 is 1.72 bits per heavy atom. The number of halogens is 2. The number of benzene rings is 1. The Balaban J connectivity index is 2.14. The number of hydrogen-bond donors (Lipinski definition) is 0. The van der Waals surface area contributed by atoms with E-state index in [4.69, 9.17) is 23.2 Å². The van der Waals surface area contributed by atoms with Crippen molar-refractivity contribution in [1.29, 1.82) is 0 Å². The van der Waals surface area contributed by atoms with Gasteiger partial charge in [0.2, 0.25) is 0 Å². The van der Waals surface area contributed by atoms with E-state index in [1.807, 2.05) is 11.8 Å². The summed E-state index contributed by atoms with van der Waals surface area (Å²) in [7, 11) is 0. The Kier molecular flexibility index (Phi) is 5.25. The predicted molar refractivity (Wildman–Crippen MR) is 83.2 cm³/mol. The highest BCUT2D eigenvalue weighted by Crippen LogP contribution is 2.33. The maximum Gasteiger partial charge on any atom is 0.0458 e. The summed E-state index contributed by atoms with van der Waals surface area (Å²) in [5.74, 6) is 2.82. The maximum atomic E-state index is 6.34. The van der Waals surface area contributed by atoms with Crippen LogP contribution in [-0.2, 0) is 6.54 Å². The van der Waals surface area contributed by atoms with E-state index in [9.17, 15) is 0 Å². The first-order valence-electron chi connectivity index (χ1n) is 6.36. The number of rotatable bonds is 3. The molecule has 4 heteroatoms. The minimum absolute atomic E-state index is 0.366. The molecule has 18 heavy (non-hydrogen) atoms. The van der Waals surface area contributed by atoms with Gasteiger partial charge in [-0.3, -0.25) is 4.90 Å². The molecule has 0 radical (unpaired) electrons. The second kappa shape index (κ2) is 6.51. The van der Waals surface area contributed by atoms with Crippen LogP contribution in [-0.4, -0.2) is 29.5 Å². The summed E-state index contributed by atoms with van der Waals surface area (Å²) in [6, 6.07) is 4.15. The average Bonchev–Trinajstić information content (AvgIpc) is 2.28. The SMILES string of the molecule is CC(C)c1c(Cl)cc(CN2CCSCC2)cc1Cl. The smallest absolute Gasteiger partial charge is 0.0458 e. The molecular weight excluding hydrogens is 285 g/mol. The third-order valence-electron chi connectivity index (χ3n) is 3.23. The summed E-state index contributed by atoms with van der Waals surface area (Å²) in [6.07, 6.45) is 0. The van der Waals surface area contributed by atoms with E-state index in [0.717, 1.165) is 35.2 Å². The van der Waals surface area contributed by atoms with E-state index in [1.165, 1.54) is 17.1 Å². The van der Waals surface area contributed by atoms with E-state index in [-0.39, 0.29) is 0 Å². The van der Waals surface area contributed by atoms with Gasteiger partial charge in [-0.25, -0.2) is 0 Å². The maximum absolute atomic E-state index is 6.34. The Morgan fingerprint density at radius 1 is 1.17 bits per heavy atom. The fraction of sp³-hybridized carbons (Fsp3) is 0.571. The molecule has 1 aromatic rings. The molecular formula is C14H19Cl2NS. The normalized spacial score (nSPS) is 17.4. The molecule has 0 saturated carbocycles. The van der Waals surface area contributed by atoms with Crippen LogP contribution in [0.4, 0.5) is 0 Å². The van der Waals surface area contributed by atoms with Crippen LogP contribution in [0, 0.1) is 0 Å². The molecule has 1 heterocycles. The molecule has 1 aliphatic heterocycles. The van der Waals surface area contributed by atoms with Crippen LogP contribution in [0.1, 0.15) is 30.9 Å². The Hall–Kier alpha value is 0.110. The van der Waals surface area contributed by atoms with E-state index in [1.54, 1.807) is 0 Å². The highest BCUT2D eigenvalue weighted by atomic mass is 35.5. The molecule has 0 aromatic heterocycles. The molecule has 0 N–H and O–H groups in total. The quantitative estimate of drug-likeness (QED) is 0.798. The lowest BCUT2D eigenvalue weighted by Crippen LogP contribution is -2.31. The minimum Gasteiger partial charge on any atom is -0.297 e. The first-order chi connectivity index (χ1) is 8.58. The standard InChI is InChI=1S/C14H19Cl2NS/c1-10(2)14-12(15)7-11(8-13(14)16)9-17-3-5-18-6-4-17/h7-8,10H,3-6,9H2,1-2H3.